The summed E-state index contributed by atoms with van der Waals surface area (Å²) < 4.78 is 5.77. The van der Waals surface area contributed by atoms with Crippen molar-refractivity contribution in [2.24, 2.45) is 0 Å². The zero-order chi connectivity index (χ0) is 28.2. The first-order valence-electron chi connectivity index (χ1n) is 12.2. The molecule has 40 heavy (non-hydrogen) atoms. The van der Waals surface area contributed by atoms with Crippen LogP contribution in [0.1, 0.15) is 27.6 Å². The minimum atomic E-state index is -0.655. The smallest absolute Gasteiger partial charge is 0.283 e. The Morgan fingerprint density at radius 1 is 0.700 bits per heavy atom. The maximum absolute atomic E-state index is 13.1. The van der Waals surface area contributed by atoms with Crippen molar-refractivity contribution in [3.63, 3.8) is 0 Å². The number of anilines is 3. The second-order valence-electron chi connectivity index (χ2n) is 8.83. The number of amides is 3. The third-order valence-corrected chi connectivity index (χ3v) is 6.42. The molecule has 0 aromatic heterocycles. The zero-order valence-corrected chi connectivity index (χ0v) is 21.9. The number of nitrogens with zero attached hydrogens (tertiary/aromatic N) is 1. The maximum atomic E-state index is 13.1. The lowest BCUT2D eigenvalue weighted by Gasteiger charge is -2.16. The predicted octanol–water partition coefficient (Wildman–Crippen LogP) is 6.37. The summed E-state index contributed by atoms with van der Waals surface area (Å²) >= 11 is 6.25. The third kappa shape index (κ3) is 5.62. The van der Waals surface area contributed by atoms with E-state index in [9.17, 15) is 19.2 Å². The van der Waals surface area contributed by atoms with E-state index in [0.717, 1.165) is 4.90 Å². The number of ketones is 1. The largest absolute Gasteiger partial charge is 0.457 e. The summed E-state index contributed by atoms with van der Waals surface area (Å²) in [5.74, 6) is -0.471. The first-order valence-corrected chi connectivity index (χ1v) is 12.6. The van der Waals surface area contributed by atoms with E-state index in [1.807, 2.05) is 30.3 Å². The standard InChI is InChI=1S/C31H22ClN3O5/c1-19(36)20-7-11-23(12-8-20)34-29(37)21-9-13-22(14-10-21)33-28-27(32)30(38)35(31(28)39)24-15-17-26(18-16-24)40-25-5-3-2-4-6-25/h2-18,33H,1H3,(H,34,37). The number of carbonyl (C=O) groups excluding carboxylic acids is 4. The Morgan fingerprint density at radius 2 is 1.27 bits per heavy atom. The van der Waals surface area contributed by atoms with Gasteiger partial charge in [-0.2, -0.15) is 0 Å². The summed E-state index contributed by atoms with van der Waals surface area (Å²) in [5, 5.41) is 5.41. The van der Waals surface area contributed by atoms with Gasteiger partial charge in [0.15, 0.2) is 5.78 Å². The normalized spacial score (nSPS) is 12.9. The van der Waals surface area contributed by atoms with Crippen LogP contribution < -0.4 is 20.3 Å². The molecule has 0 spiro atoms. The van der Waals surface area contributed by atoms with Crippen LogP contribution in [0.4, 0.5) is 17.1 Å². The third-order valence-electron chi connectivity index (χ3n) is 6.07. The molecule has 3 amide bonds. The van der Waals surface area contributed by atoms with Crippen LogP contribution in [0.15, 0.2) is 114 Å². The number of para-hydroxylation sites is 1. The highest BCUT2D eigenvalue weighted by atomic mass is 35.5. The van der Waals surface area contributed by atoms with Gasteiger partial charge >= 0.3 is 0 Å². The van der Waals surface area contributed by atoms with E-state index < -0.39 is 11.8 Å². The van der Waals surface area contributed by atoms with Gasteiger partial charge in [-0.3, -0.25) is 19.2 Å². The number of Topliss-reactive ketones (excluding diaryl/α,β-unsaturated/α-hetero) is 1. The summed E-state index contributed by atoms with van der Waals surface area (Å²) in [4.78, 5) is 51.0. The van der Waals surface area contributed by atoms with E-state index in [2.05, 4.69) is 10.6 Å². The molecule has 4 aromatic rings. The van der Waals surface area contributed by atoms with E-state index >= 15 is 0 Å². The van der Waals surface area contributed by atoms with Crippen molar-refractivity contribution in [2.45, 2.75) is 6.92 Å². The van der Waals surface area contributed by atoms with E-state index in [1.165, 1.54) is 6.92 Å². The Balaban J connectivity index is 1.24. The molecule has 0 aliphatic carbocycles. The molecular formula is C31H22ClN3O5. The Labute approximate surface area is 234 Å². The Hall–Kier alpha value is -5.21. The molecule has 1 aliphatic heterocycles. The highest BCUT2D eigenvalue weighted by molar-refractivity contribution is 6.53. The lowest BCUT2D eigenvalue weighted by atomic mass is 10.1. The number of ether oxygens (including phenoxy) is 1. The molecule has 198 valence electrons. The summed E-state index contributed by atoms with van der Waals surface area (Å²) in [5.41, 5.74) is 2.20. The number of hydrogen-bond donors (Lipinski definition) is 2. The predicted molar refractivity (Wildman–Crippen MR) is 153 cm³/mol. The van der Waals surface area contributed by atoms with Crippen LogP contribution in [-0.4, -0.2) is 23.5 Å². The molecule has 2 N–H and O–H groups in total. The van der Waals surface area contributed by atoms with Gasteiger partial charge in [-0.25, -0.2) is 4.90 Å². The average molecular weight is 552 g/mol. The van der Waals surface area contributed by atoms with Gasteiger partial charge in [0.25, 0.3) is 17.7 Å². The van der Waals surface area contributed by atoms with Crippen molar-refractivity contribution in [1.29, 1.82) is 0 Å². The fourth-order valence-electron chi connectivity index (χ4n) is 3.97. The molecule has 0 saturated carbocycles. The Kier molecular flexibility index (Phi) is 7.43. The number of halogens is 1. The number of rotatable bonds is 8. The second-order valence-corrected chi connectivity index (χ2v) is 9.21. The van der Waals surface area contributed by atoms with Gasteiger partial charge in [0.1, 0.15) is 22.2 Å². The second kappa shape index (κ2) is 11.3. The number of nitrogens with one attached hydrogen (secondary N) is 2. The molecule has 1 aliphatic rings. The van der Waals surface area contributed by atoms with Gasteiger partial charge in [0.2, 0.25) is 0 Å². The van der Waals surface area contributed by atoms with Crippen molar-refractivity contribution in [1.82, 2.24) is 0 Å². The highest BCUT2D eigenvalue weighted by Crippen LogP contribution is 2.32. The van der Waals surface area contributed by atoms with E-state index in [-0.39, 0.29) is 22.4 Å². The van der Waals surface area contributed by atoms with Crippen LogP contribution in [0.2, 0.25) is 0 Å². The molecule has 0 unspecified atom stereocenters. The molecule has 0 radical (unpaired) electrons. The van der Waals surface area contributed by atoms with Gasteiger partial charge in [-0.05, 0) is 91.9 Å². The molecule has 5 rings (SSSR count). The lowest BCUT2D eigenvalue weighted by molar-refractivity contribution is -0.120. The minimum absolute atomic E-state index is 0.0620. The van der Waals surface area contributed by atoms with Crippen LogP contribution in [-0.2, 0) is 9.59 Å². The molecule has 0 atom stereocenters. The van der Waals surface area contributed by atoms with Crippen LogP contribution in [0.3, 0.4) is 0 Å². The topological polar surface area (TPSA) is 105 Å². The van der Waals surface area contributed by atoms with Crippen molar-refractivity contribution in [3.05, 3.63) is 125 Å². The Morgan fingerprint density at radius 3 is 1.90 bits per heavy atom. The van der Waals surface area contributed by atoms with Crippen molar-refractivity contribution in [2.75, 3.05) is 15.5 Å². The minimum Gasteiger partial charge on any atom is -0.457 e. The van der Waals surface area contributed by atoms with Gasteiger partial charge in [0, 0.05) is 22.5 Å². The van der Waals surface area contributed by atoms with Crippen LogP contribution in [0, 0.1) is 0 Å². The number of benzene rings is 4. The lowest BCUT2D eigenvalue weighted by Crippen LogP contribution is -2.32. The zero-order valence-electron chi connectivity index (χ0n) is 21.2. The quantitative estimate of drug-likeness (QED) is 0.195. The fourth-order valence-corrected chi connectivity index (χ4v) is 4.19. The first-order chi connectivity index (χ1) is 19.3. The van der Waals surface area contributed by atoms with Gasteiger partial charge in [-0.1, -0.05) is 29.8 Å². The van der Waals surface area contributed by atoms with E-state index in [0.29, 0.717) is 39.7 Å². The molecule has 4 aromatic carbocycles. The molecule has 0 bridgehead atoms. The number of hydrogen-bond acceptors (Lipinski definition) is 6. The first kappa shape index (κ1) is 26.4. The van der Waals surface area contributed by atoms with Gasteiger partial charge in [-0.15, -0.1) is 0 Å². The summed E-state index contributed by atoms with van der Waals surface area (Å²) in [6.07, 6.45) is 0. The highest BCUT2D eigenvalue weighted by Gasteiger charge is 2.39. The van der Waals surface area contributed by atoms with E-state index in [1.54, 1.807) is 72.8 Å². The fraction of sp³-hybridized carbons (Fsp3) is 0.0323. The Bertz CT molecular complexity index is 1630. The monoisotopic (exact) mass is 551 g/mol. The van der Waals surface area contributed by atoms with Crippen molar-refractivity contribution in [3.8, 4) is 11.5 Å². The summed E-state index contributed by atoms with van der Waals surface area (Å²) in [7, 11) is 0. The van der Waals surface area contributed by atoms with Gasteiger partial charge < -0.3 is 15.4 Å². The number of carbonyl (C=O) groups is 4. The SMILES string of the molecule is CC(=O)c1ccc(NC(=O)c2ccc(NC3=C(Cl)C(=O)N(c4ccc(Oc5ccccc5)cc4)C3=O)cc2)cc1. The molecule has 9 heteroatoms. The average Bonchev–Trinajstić information content (AvgIpc) is 3.17. The van der Waals surface area contributed by atoms with Crippen molar-refractivity contribution < 1.29 is 23.9 Å². The van der Waals surface area contributed by atoms with Gasteiger partial charge in [0.05, 0.1) is 5.69 Å². The van der Waals surface area contributed by atoms with Crippen LogP contribution >= 0.6 is 11.6 Å². The number of imide groups is 1. The molecule has 0 fully saturated rings. The summed E-state index contributed by atoms with van der Waals surface area (Å²) in [6, 6.07) is 28.6. The maximum Gasteiger partial charge on any atom is 0.283 e. The summed E-state index contributed by atoms with van der Waals surface area (Å²) in [6.45, 7) is 1.47. The molecule has 1 heterocycles. The van der Waals surface area contributed by atoms with Crippen LogP contribution in [0.5, 0.6) is 11.5 Å². The molecular weight excluding hydrogens is 530 g/mol. The van der Waals surface area contributed by atoms with E-state index in [4.69, 9.17) is 16.3 Å². The molecule has 8 nitrogen and oxygen atoms in total. The molecule has 0 saturated heterocycles. The van der Waals surface area contributed by atoms with Crippen molar-refractivity contribution >= 4 is 52.2 Å². The van der Waals surface area contributed by atoms with Crippen LogP contribution in [0.25, 0.3) is 0 Å².